The van der Waals surface area contributed by atoms with Crippen LogP contribution in [0.15, 0.2) is 45.7 Å². The second kappa shape index (κ2) is 9.12. The minimum Gasteiger partial charge on any atom is -0.493 e. The lowest BCUT2D eigenvalue weighted by Gasteiger charge is -2.16. The van der Waals surface area contributed by atoms with Crippen molar-refractivity contribution in [1.82, 2.24) is 19.2 Å². The van der Waals surface area contributed by atoms with Gasteiger partial charge in [0.2, 0.25) is 11.7 Å². The average Bonchev–Trinajstić information content (AvgIpc) is 3.41. The van der Waals surface area contributed by atoms with Crippen LogP contribution in [0, 0.1) is 0 Å². The Morgan fingerprint density at radius 2 is 2.00 bits per heavy atom. The molecule has 8 nitrogen and oxygen atoms in total. The van der Waals surface area contributed by atoms with Crippen molar-refractivity contribution in [3.05, 3.63) is 73.1 Å². The molecular weight excluding hydrogens is 591 g/mol. The number of nitrogens with one attached hydrogen (secondary N) is 1. The van der Waals surface area contributed by atoms with Crippen molar-refractivity contribution in [2.45, 2.75) is 37.9 Å². The van der Waals surface area contributed by atoms with Crippen molar-refractivity contribution in [2.75, 3.05) is 11.9 Å². The molecule has 0 spiro atoms. The second-order valence-corrected chi connectivity index (χ2v) is 10.4. The molecule has 196 valence electrons. The smallest absolute Gasteiger partial charge is 0.416 e. The van der Waals surface area contributed by atoms with E-state index >= 15 is 0 Å². The molecule has 13 heteroatoms. The van der Waals surface area contributed by atoms with Crippen molar-refractivity contribution < 1.29 is 22.7 Å². The number of fused-ring (bicyclic) bond motifs is 2. The Bertz CT molecular complexity index is 1680. The highest BCUT2D eigenvalue weighted by Crippen LogP contribution is 2.43. The first-order chi connectivity index (χ1) is 18.1. The van der Waals surface area contributed by atoms with Gasteiger partial charge in [-0.15, -0.1) is 5.10 Å². The molecule has 38 heavy (non-hydrogen) atoms. The number of amides is 1. The number of alkyl halides is 3. The standard InChI is InChI=1S/C25H18BrClF3N5O3/c26-20-21(12-1-2-12)34(11-19(36)31-17-5-4-15(10-16(17)27)25(28,29)30)24-32-22(33-35(24)23(20)37)14-3-6-18-13(9-14)7-8-38-18/h3-6,9-10,12H,1-2,7-8,11H2,(H,31,36). The third kappa shape index (κ3) is 4.45. The molecule has 6 rings (SSSR count). The van der Waals surface area contributed by atoms with E-state index in [1.54, 1.807) is 4.57 Å². The van der Waals surface area contributed by atoms with E-state index in [0.29, 0.717) is 23.7 Å². The summed E-state index contributed by atoms with van der Waals surface area (Å²) in [4.78, 5) is 30.9. The van der Waals surface area contributed by atoms with E-state index in [0.717, 1.165) is 53.3 Å². The first-order valence-corrected chi connectivity index (χ1v) is 12.9. The zero-order chi connectivity index (χ0) is 26.8. The van der Waals surface area contributed by atoms with Gasteiger partial charge < -0.3 is 14.6 Å². The summed E-state index contributed by atoms with van der Waals surface area (Å²) in [5.41, 5.74) is 1.07. The Morgan fingerprint density at radius 1 is 1.21 bits per heavy atom. The van der Waals surface area contributed by atoms with Crippen LogP contribution < -0.4 is 15.6 Å². The number of carbonyl (C=O) groups excluding carboxylic acids is 1. The Hall–Kier alpha value is -3.38. The van der Waals surface area contributed by atoms with Crippen molar-refractivity contribution >= 4 is 44.9 Å². The van der Waals surface area contributed by atoms with Crippen molar-refractivity contribution in [2.24, 2.45) is 0 Å². The van der Waals surface area contributed by atoms with Crippen LogP contribution in [0.5, 0.6) is 5.75 Å². The van der Waals surface area contributed by atoms with E-state index in [9.17, 15) is 22.8 Å². The maximum atomic E-state index is 13.2. The monoisotopic (exact) mass is 607 g/mol. The lowest BCUT2D eigenvalue weighted by Crippen LogP contribution is -2.28. The van der Waals surface area contributed by atoms with Gasteiger partial charge in [-0.1, -0.05) is 11.6 Å². The Balaban J connectivity index is 1.38. The SMILES string of the molecule is O=C(Cn1c(C2CC2)c(Br)c(=O)n2nc(-c3ccc4c(c3)CCO4)nc12)Nc1ccc(C(F)(F)F)cc1Cl. The normalized spacial score (nSPS) is 15.0. The van der Waals surface area contributed by atoms with Crippen LogP contribution in [0.2, 0.25) is 5.02 Å². The van der Waals surface area contributed by atoms with E-state index in [2.05, 4.69) is 31.3 Å². The molecule has 0 saturated heterocycles. The van der Waals surface area contributed by atoms with Gasteiger partial charge in [0.1, 0.15) is 16.8 Å². The highest BCUT2D eigenvalue weighted by atomic mass is 79.9. The molecule has 4 aromatic rings. The second-order valence-electron chi connectivity index (χ2n) is 9.17. The van der Waals surface area contributed by atoms with Gasteiger partial charge in [0.15, 0.2) is 5.82 Å². The van der Waals surface area contributed by atoms with Gasteiger partial charge >= 0.3 is 6.18 Å². The Kier molecular flexibility index (Phi) is 5.98. The van der Waals surface area contributed by atoms with Crippen LogP contribution in [-0.4, -0.2) is 31.7 Å². The lowest BCUT2D eigenvalue weighted by atomic mass is 10.1. The molecule has 1 aliphatic carbocycles. The first-order valence-electron chi connectivity index (χ1n) is 11.7. The molecule has 1 amide bonds. The predicted octanol–water partition coefficient (Wildman–Crippen LogP) is 5.44. The molecule has 1 saturated carbocycles. The van der Waals surface area contributed by atoms with Gasteiger partial charge in [-0.3, -0.25) is 9.59 Å². The summed E-state index contributed by atoms with van der Waals surface area (Å²) in [5.74, 6) is 0.804. The Labute approximate surface area is 226 Å². The molecule has 2 aromatic heterocycles. The van der Waals surface area contributed by atoms with Crippen molar-refractivity contribution in [3.8, 4) is 17.1 Å². The van der Waals surface area contributed by atoms with E-state index < -0.39 is 23.2 Å². The third-order valence-electron chi connectivity index (χ3n) is 6.51. The number of aromatic nitrogens is 4. The number of nitrogens with zero attached hydrogens (tertiary/aromatic N) is 4. The third-order valence-corrected chi connectivity index (χ3v) is 7.57. The molecular formula is C25H18BrClF3N5O3. The van der Waals surface area contributed by atoms with Crippen molar-refractivity contribution in [1.29, 1.82) is 0 Å². The molecule has 2 aromatic carbocycles. The molecule has 1 aliphatic heterocycles. The van der Waals surface area contributed by atoms with Gasteiger partial charge in [0, 0.05) is 23.6 Å². The van der Waals surface area contributed by atoms with Crippen LogP contribution in [0.25, 0.3) is 17.2 Å². The van der Waals surface area contributed by atoms with Gasteiger partial charge in [0.25, 0.3) is 5.56 Å². The summed E-state index contributed by atoms with van der Waals surface area (Å²) in [7, 11) is 0. The van der Waals surface area contributed by atoms with Crippen molar-refractivity contribution in [3.63, 3.8) is 0 Å². The fraction of sp³-hybridized carbons (Fsp3) is 0.280. The molecule has 2 aliphatic rings. The summed E-state index contributed by atoms with van der Waals surface area (Å²) in [6, 6.07) is 8.27. The van der Waals surface area contributed by atoms with E-state index in [1.165, 1.54) is 0 Å². The van der Waals surface area contributed by atoms with Gasteiger partial charge in [-0.25, -0.2) is 0 Å². The first kappa shape index (κ1) is 24.9. The van der Waals surface area contributed by atoms with Gasteiger partial charge in [0.05, 0.1) is 22.9 Å². The van der Waals surface area contributed by atoms with Crippen LogP contribution in [0.1, 0.15) is 35.6 Å². The maximum Gasteiger partial charge on any atom is 0.416 e. The highest BCUT2D eigenvalue weighted by Gasteiger charge is 2.33. The fourth-order valence-corrected chi connectivity index (χ4v) is 5.46. The number of anilines is 1. The minimum atomic E-state index is -4.56. The summed E-state index contributed by atoms with van der Waals surface area (Å²) in [5, 5.41) is 6.75. The number of benzene rings is 2. The summed E-state index contributed by atoms with van der Waals surface area (Å²) < 4.78 is 47.6. The van der Waals surface area contributed by atoms with Crippen LogP contribution in [0.4, 0.5) is 18.9 Å². The lowest BCUT2D eigenvalue weighted by molar-refractivity contribution is -0.137. The number of hydrogen-bond acceptors (Lipinski definition) is 5. The maximum absolute atomic E-state index is 13.2. The Morgan fingerprint density at radius 3 is 2.71 bits per heavy atom. The van der Waals surface area contributed by atoms with E-state index in [4.69, 9.17) is 16.3 Å². The van der Waals surface area contributed by atoms with Gasteiger partial charge in [-0.2, -0.15) is 22.7 Å². The molecule has 0 bridgehead atoms. The summed E-state index contributed by atoms with van der Waals surface area (Å²) in [6.07, 6.45) is -2.12. The van der Waals surface area contributed by atoms with E-state index in [1.807, 2.05) is 18.2 Å². The van der Waals surface area contributed by atoms with E-state index in [-0.39, 0.29) is 33.4 Å². The number of carbonyl (C=O) groups is 1. The summed E-state index contributed by atoms with van der Waals surface area (Å²) in [6.45, 7) is 0.333. The fourth-order valence-electron chi connectivity index (χ4n) is 4.53. The molecule has 0 unspecified atom stereocenters. The molecule has 0 radical (unpaired) electrons. The van der Waals surface area contributed by atoms with Gasteiger partial charge in [-0.05, 0) is 70.7 Å². The molecule has 0 atom stereocenters. The predicted molar refractivity (Wildman–Crippen MR) is 137 cm³/mol. The number of rotatable bonds is 5. The van der Waals surface area contributed by atoms with Crippen LogP contribution >= 0.6 is 27.5 Å². The largest absolute Gasteiger partial charge is 0.493 e. The minimum absolute atomic E-state index is 0.0382. The van der Waals surface area contributed by atoms with Crippen LogP contribution in [0.3, 0.4) is 0 Å². The zero-order valence-electron chi connectivity index (χ0n) is 19.5. The topological polar surface area (TPSA) is 90.5 Å². The number of hydrogen-bond donors (Lipinski definition) is 1. The zero-order valence-corrected chi connectivity index (χ0v) is 21.8. The molecule has 3 heterocycles. The molecule has 1 fully saturated rings. The van der Waals surface area contributed by atoms with Crippen LogP contribution in [-0.2, 0) is 23.9 Å². The highest BCUT2D eigenvalue weighted by molar-refractivity contribution is 9.10. The molecule has 1 N–H and O–H groups in total. The quantitative estimate of drug-likeness (QED) is 0.326. The number of ether oxygens (including phenoxy) is 1. The number of halogens is 5. The average molecular weight is 609 g/mol. The summed E-state index contributed by atoms with van der Waals surface area (Å²) >= 11 is 9.42.